The van der Waals surface area contributed by atoms with E-state index in [1.54, 1.807) is 0 Å². The number of carbonyl (C=O) groups is 1. The van der Waals surface area contributed by atoms with Crippen molar-refractivity contribution >= 4 is 5.91 Å². The number of hydrogen-bond donors (Lipinski definition) is 2. The zero-order valence-corrected chi connectivity index (χ0v) is 14.8. The summed E-state index contributed by atoms with van der Waals surface area (Å²) < 4.78 is 0. The summed E-state index contributed by atoms with van der Waals surface area (Å²) in [6, 6.07) is 0. The van der Waals surface area contributed by atoms with Gasteiger partial charge in [-0.1, -0.05) is 38.7 Å². The van der Waals surface area contributed by atoms with Crippen molar-refractivity contribution in [2.24, 2.45) is 11.3 Å². The number of amides is 1. The lowest BCUT2D eigenvalue weighted by Crippen LogP contribution is -2.47. The quantitative estimate of drug-likeness (QED) is 0.764. The molecule has 0 radical (unpaired) electrons. The fraction of sp³-hybridized carbons (Fsp3) is 0.842. The molecular weight excluding hydrogens is 272 g/mol. The van der Waals surface area contributed by atoms with Crippen molar-refractivity contribution in [1.29, 1.82) is 0 Å². The number of carbonyl (C=O) groups excluding carboxylic acids is 1. The predicted octanol–water partition coefficient (Wildman–Crippen LogP) is 4.15. The van der Waals surface area contributed by atoms with Gasteiger partial charge in [0.05, 0.1) is 5.41 Å². The molecule has 2 N–H and O–H groups in total. The molecule has 0 aromatic heterocycles. The molecule has 0 bridgehead atoms. The molecule has 1 saturated heterocycles. The Hall–Kier alpha value is -0.830. The molecule has 22 heavy (non-hydrogen) atoms. The van der Waals surface area contributed by atoms with Crippen molar-refractivity contribution in [3.05, 3.63) is 11.3 Å². The highest BCUT2D eigenvalue weighted by atomic mass is 16.2. The molecule has 1 aliphatic carbocycles. The summed E-state index contributed by atoms with van der Waals surface area (Å²) in [6.07, 6.45) is 10.7. The van der Waals surface area contributed by atoms with E-state index < -0.39 is 0 Å². The van der Waals surface area contributed by atoms with Gasteiger partial charge in [-0.3, -0.25) is 4.79 Å². The van der Waals surface area contributed by atoms with Crippen LogP contribution in [0.3, 0.4) is 0 Å². The molecular formula is C19H34N2O. The Morgan fingerprint density at radius 3 is 2.27 bits per heavy atom. The Morgan fingerprint density at radius 2 is 1.64 bits per heavy atom. The number of rotatable bonds is 1. The second-order valence-corrected chi connectivity index (χ2v) is 7.01. The second kappa shape index (κ2) is 8.14. The van der Waals surface area contributed by atoms with E-state index in [-0.39, 0.29) is 5.41 Å². The van der Waals surface area contributed by atoms with Gasteiger partial charge < -0.3 is 10.6 Å². The molecule has 3 heteroatoms. The van der Waals surface area contributed by atoms with Crippen LogP contribution in [0.4, 0.5) is 0 Å². The van der Waals surface area contributed by atoms with Gasteiger partial charge in [0.25, 0.3) is 0 Å². The molecule has 3 nitrogen and oxygen atoms in total. The Balaban J connectivity index is 0.000000847. The normalized spacial score (nSPS) is 26.0. The van der Waals surface area contributed by atoms with E-state index >= 15 is 0 Å². The van der Waals surface area contributed by atoms with Crippen LogP contribution in [0, 0.1) is 11.3 Å². The topological polar surface area (TPSA) is 41.1 Å². The lowest BCUT2D eigenvalue weighted by Gasteiger charge is -2.35. The van der Waals surface area contributed by atoms with E-state index in [0.29, 0.717) is 11.8 Å². The number of allylic oxidation sites excluding steroid dienone is 2. The van der Waals surface area contributed by atoms with Crippen molar-refractivity contribution < 1.29 is 4.79 Å². The lowest BCUT2D eigenvalue weighted by atomic mass is 9.74. The summed E-state index contributed by atoms with van der Waals surface area (Å²) in [5, 5.41) is 6.76. The van der Waals surface area contributed by atoms with E-state index in [4.69, 9.17) is 0 Å². The van der Waals surface area contributed by atoms with Gasteiger partial charge >= 0.3 is 0 Å². The highest BCUT2D eigenvalue weighted by Crippen LogP contribution is 2.40. The van der Waals surface area contributed by atoms with E-state index in [1.807, 2.05) is 13.8 Å². The molecule has 0 aromatic rings. The molecule has 2 aliphatic heterocycles. The first-order valence-electron chi connectivity index (χ1n) is 9.43. The molecule has 126 valence electrons. The maximum atomic E-state index is 12.8. The van der Waals surface area contributed by atoms with Gasteiger partial charge in [0.15, 0.2) is 0 Å². The zero-order chi connectivity index (χ0) is 16.0. The maximum absolute atomic E-state index is 12.8. The van der Waals surface area contributed by atoms with Crippen LogP contribution in [0.5, 0.6) is 0 Å². The first-order valence-corrected chi connectivity index (χ1v) is 9.43. The zero-order valence-electron chi connectivity index (χ0n) is 14.8. The first-order chi connectivity index (χ1) is 10.7. The number of hydrogen-bond acceptors (Lipinski definition) is 2. The summed E-state index contributed by atoms with van der Waals surface area (Å²) >= 11 is 0. The smallest absolute Gasteiger partial charge is 0.230 e. The van der Waals surface area contributed by atoms with Gasteiger partial charge in [0.1, 0.15) is 0 Å². The van der Waals surface area contributed by atoms with Crippen LogP contribution in [-0.2, 0) is 4.79 Å². The third kappa shape index (κ3) is 3.73. The first kappa shape index (κ1) is 17.5. The molecule has 2 heterocycles. The van der Waals surface area contributed by atoms with Crippen LogP contribution < -0.4 is 10.6 Å². The van der Waals surface area contributed by atoms with Gasteiger partial charge in [-0.15, -0.1) is 0 Å². The number of nitrogens with one attached hydrogen (secondary N) is 2. The summed E-state index contributed by atoms with van der Waals surface area (Å²) in [5.74, 6) is 0.931. The van der Waals surface area contributed by atoms with E-state index in [2.05, 4.69) is 17.6 Å². The maximum Gasteiger partial charge on any atom is 0.230 e. The van der Waals surface area contributed by atoms with Crippen molar-refractivity contribution in [1.82, 2.24) is 10.6 Å². The average molecular weight is 306 g/mol. The minimum atomic E-state index is -0.0943. The molecule has 0 atom stereocenters. The minimum Gasteiger partial charge on any atom is -0.329 e. The monoisotopic (exact) mass is 306 g/mol. The Labute approximate surface area is 136 Å². The van der Waals surface area contributed by atoms with Gasteiger partial charge in [-0.25, -0.2) is 0 Å². The molecule has 1 amide bonds. The second-order valence-electron chi connectivity index (χ2n) is 7.01. The Bertz CT molecular complexity index is 402. The third-order valence-corrected chi connectivity index (χ3v) is 5.74. The van der Waals surface area contributed by atoms with Crippen LogP contribution >= 0.6 is 0 Å². The highest BCUT2D eigenvalue weighted by molar-refractivity contribution is 5.85. The Kier molecular flexibility index (Phi) is 6.49. The minimum absolute atomic E-state index is 0.0943. The van der Waals surface area contributed by atoms with Gasteiger partial charge in [-0.05, 0) is 64.5 Å². The molecule has 2 fully saturated rings. The van der Waals surface area contributed by atoms with E-state index in [1.165, 1.54) is 43.4 Å². The standard InChI is InChI=1S/C17H28N2O.C2H6/c1-13-7-8-17(9-11-18-12-10-17)16(20)19-15(13)14-5-3-2-4-6-14;1-2/h14,18H,2-12H2,1H3,(H,19,20);1-2H3. The fourth-order valence-corrected chi connectivity index (χ4v) is 4.26. The fourth-order valence-electron chi connectivity index (χ4n) is 4.26. The van der Waals surface area contributed by atoms with Crippen LogP contribution in [0.2, 0.25) is 0 Å². The van der Waals surface area contributed by atoms with Gasteiger partial charge in [-0.2, -0.15) is 0 Å². The van der Waals surface area contributed by atoms with Crippen molar-refractivity contribution in [3.63, 3.8) is 0 Å². The number of piperidine rings is 1. The van der Waals surface area contributed by atoms with Crippen LogP contribution in [0.1, 0.15) is 78.6 Å². The average Bonchev–Trinajstić information content (AvgIpc) is 2.71. The van der Waals surface area contributed by atoms with Gasteiger partial charge in [0.2, 0.25) is 5.91 Å². The summed E-state index contributed by atoms with van der Waals surface area (Å²) in [6.45, 7) is 8.22. The summed E-state index contributed by atoms with van der Waals surface area (Å²) in [7, 11) is 0. The van der Waals surface area contributed by atoms with Crippen molar-refractivity contribution in [3.8, 4) is 0 Å². The molecule has 1 saturated carbocycles. The predicted molar refractivity (Wildman–Crippen MR) is 92.5 cm³/mol. The van der Waals surface area contributed by atoms with E-state index in [9.17, 15) is 4.79 Å². The van der Waals surface area contributed by atoms with Crippen LogP contribution in [-0.4, -0.2) is 19.0 Å². The molecule has 0 unspecified atom stereocenters. The third-order valence-electron chi connectivity index (χ3n) is 5.74. The van der Waals surface area contributed by atoms with E-state index in [0.717, 1.165) is 38.8 Å². The van der Waals surface area contributed by atoms with Crippen LogP contribution in [0.15, 0.2) is 11.3 Å². The van der Waals surface area contributed by atoms with Crippen molar-refractivity contribution in [2.45, 2.75) is 78.6 Å². The SMILES string of the molecule is CC.CC1=C(C2CCCCC2)NC(=O)C2(CCNCC2)CC1. The summed E-state index contributed by atoms with van der Waals surface area (Å²) in [5.41, 5.74) is 2.65. The van der Waals surface area contributed by atoms with Gasteiger partial charge in [0, 0.05) is 5.70 Å². The highest BCUT2D eigenvalue weighted by Gasteiger charge is 2.41. The molecule has 0 aromatic carbocycles. The van der Waals surface area contributed by atoms with Crippen LogP contribution in [0.25, 0.3) is 0 Å². The summed E-state index contributed by atoms with van der Waals surface area (Å²) in [4.78, 5) is 12.8. The largest absolute Gasteiger partial charge is 0.329 e. The molecule has 3 rings (SSSR count). The Morgan fingerprint density at radius 1 is 1.00 bits per heavy atom. The molecule has 1 spiro atoms. The van der Waals surface area contributed by atoms with Crippen molar-refractivity contribution in [2.75, 3.05) is 13.1 Å². The lowest BCUT2D eigenvalue weighted by molar-refractivity contribution is -0.132. The molecule has 3 aliphatic rings.